The smallest absolute Gasteiger partial charge is 0.306 e. The maximum absolute atomic E-state index is 11.1. The lowest BCUT2D eigenvalue weighted by molar-refractivity contribution is -0.148. The van der Waals surface area contributed by atoms with Crippen LogP contribution in [0.25, 0.3) is 0 Å². The SMILES string of the molecule is CCCCCC(=O)O[C@@H](C)CC. The summed E-state index contributed by atoms with van der Waals surface area (Å²) in [4.78, 5) is 11.1. The summed E-state index contributed by atoms with van der Waals surface area (Å²) in [6.07, 6.45) is 4.80. The van der Waals surface area contributed by atoms with Crippen LogP contribution in [0.3, 0.4) is 0 Å². The number of carbonyl (C=O) groups is 1. The highest BCUT2D eigenvalue weighted by molar-refractivity contribution is 5.69. The number of ether oxygens (including phenoxy) is 1. The zero-order valence-electron chi connectivity index (χ0n) is 8.43. The van der Waals surface area contributed by atoms with Gasteiger partial charge >= 0.3 is 5.97 Å². The molecule has 0 heterocycles. The Labute approximate surface area is 75.3 Å². The maximum atomic E-state index is 11.1. The van der Waals surface area contributed by atoms with E-state index >= 15 is 0 Å². The van der Waals surface area contributed by atoms with Crippen LogP contribution in [0.5, 0.6) is 0 Å². The average Bonchev–Trinajstić information content (AvgIpc) is 2.05. The van der Waals surface area contributed by atoms with Crippen molar-refractivity contribution in [3.63, 3.8) is 0 Å². The molecular weight excluding hydrogens is 152 g/mol. The number of hydrogen-bond donors (Lipinski definition) is 0. The third kappa shape index (κ3) is 6.20. The van der Waals surface area contributed by atoms with Crippen LogP contribution < -0.4 is 0 Å². The van der Waals surface area contributed by atoms with Gasteiger partial charge in [-0.3, -0.25) is 4.79 Å². The standard InChI is InChI=1S/C10H20O2/c1-4-6-7-8-10(11)12-9(3)5-2/h9H,4-8H2,1-3H3/t9-/m0/s1. The van der Waals surface area contributed by atoms with Crippen LogP contribution in [0.1, 0.15) is 52.9 Å². The molecule has 0 aromatic rings. The van der Waals surface area contributed by atoms with Gasteiger partial charge in [-0.25, -0.2) is 0 Å². The molecule has 0 saturated carbocycles. The first-order valence-electron chi connectivity index (χ1n) is 4.90. The first kappa shape index (κ1) is 11.5. The molecule has 0 spiro atoms. The van der Waals surface area contributed by atoms with E-state index in [1.54, 1.807) is 0 Å². The van der Waals surface area contributed by atoms with Crippen molar-refractivity contribution in [1.82, 2.24) is 0 Å². The topological polar surface area (TPSA) is 26.3 Å². The Morgan fingerprint density at radius 3 is 2.50 bits per heavy atom. The fourth-order valence-electron chi connectivity index (χ4n) is 0.886. The second-order valence-corrected chi connectivity index (χ2v) is 3.17. The fourth-order valence-corrected chi connectivity index (χ4v) is 0.886. The lowest BCUT2D eigenvalue weighted by Gasteiger charge is -2.09. The number of esters is 1. The molecule has 2 heteroatoms. The van der Waals surface area contributed by atoms with Gasteiger partial charge in [-0.2, -0.15) is 0 Å². The van der Waals surface area contributed by atoms with Crippen LogP contribution in [0.4, 0.5) is 0 Å². The molecule has 0 aromatic heterocycles. The van der Waals surface area contributed by atoms with Crippen molar-refractivity contribution in [3.05, 3.63) is 0 Å². The normalized spacial score (nSPS) is 12.6. The van der Waals surface area contributed by atoms with Gasteiger partial charge in [0.2, 0.25) is 0 Å². The van der Waals surface area contributed by atoms with E-state index in [4.69, 9.17) is 4.74 Å². The summed E-state index contributed by atoms with van der Waals surface area (Å²) in [5.41, 5.74) is 0. The summed E-state index contributed by atoms with van der Waals surface area (Å²) in [6.45, 7) is 6.07. The molecule has 72 valence electrons. The molecule has 2 nitrogen and oxygen atoms in total. The highest BCUT2D eigenvalue weighted by atomic mass is 16.5. The Kier molecular flexibility index (Phi) is 6.82. The predicted octanol–water partition coefficient (Wildman–Crippen LogP) is 2.91. The highest BCUT2D eigenvalue weighted by Crippen LogP contribution is 2.03. The fraction of sp³-hybridized carbons (Fsp3) is 0.900. The first-order valence-corrected chi connectivity index (χ1v) is 4.90. The molecule has 0 aliphatic heterocycles. The second kappa shape index (κ2) is 7.14. The minimum atomic E-state index is -0.0437. The predicted molar refractivity (Wildman–Crippen MR) is 50.0 cm³/mol. The van der Waals surface area contributed by atoms with Crippen molar-refractivity contribution in [2.24, 2.45) is 0 Å². The summed E-state index contributed by atoms with van der Waals surface area (Å²) in [7, 11) is 0. The number of hydrogen-bond acceptors (Lipinski definition) is 2. The van der Waals surface area contributed by atoms with E-state index in [9.17, 15) is 4.79 Å². The summed E-state index contributed by atoms with van der Waals surface area (Å²) in [6, 6.07) is 0. The Balaban J connectivity index is 3.33. The monoisotopic (exact) mass is 172 g/mol. The molecule has 0 aliphatic rings. The molecule has 0 saturated heterocycles. The molecule has 0 bridgehead atoms. The molecule has 0 rings (SSSR count). The van der Waals surface area contributed by atoms with Gasteiger partial charge in [0.15, 0.2) is 0 Å². The number of carbonyl (C=O) groups excluding carboxylic acids is 1. The molecule has 0 unspecified atom stereocenters. The van der Waals surface area contributed by atoms with Crippen molar-refractivity contribution < 1.29 is 9.53 Å². The van der Waals surface area contributed by atoms with Crippen molar-refractivity contribution in [2.75, 3.05) is 0 Å². The Morgan fingerprint density at radius 1 is 1.33 bits per heavy atom. The minimum Gasteiger partial charge on any atom is -0.463 e. The van der Waals surface area contributed by atoms with E-state index in [2.05, 4.69) is 6.92 Å². The van der Waals surface area contributed by atoms with E-state index in [1.165, 1.54) is 0 Å². The van der Waals surface area contributed by atoms with E-state index < -0.39 is 0 Å². The van der Waals surface area contributed by atoms with Crippen LogP contribution in [0.15, 0.2) is 0 Å². The van der Waals surface area contributed by atoms with Gasteiger partial charge in [-0.15, -0.1) is 0 Å². The summed E-state index contributed by atoms with van der Waals surface area (Å²) in [5.74, 6) is -0.0437. The Morgan fingerprint density at radius 2 is 2.00 bits per heavy atom. The van der Waals surface area contributed by atoms with Crippen molar-refractivity contribution in [1.29, 1.82) is 0 Å². The van der Waals surface area contributed by atoms with E-state index in [1.807, 2.05) is 13.8 Å². The van der Waals surface area contributed by atoms with Gasteiger partial charge in [0.25, 0.3) is 0 Å². The Hall–Kier alpha value is -0.530. The molecule has 0 fully saturated rings. The van der Waals surface area contributed by atoms with E-state index in [0.29, 0.717) is 6.42 Å². The van der Waals surface area contributed by atoms with Crippen molar-refractivity contribution >= 4 is 5.97 Å². The molecule has 0 aliphatic carbocycles. The molecule has 0 amide bonds. The summed E-state index contributed by atoms with van der Waals surface area (Å²) >= 11 is 0. The van der Waals surface area contributed by atoms with Crippen LogP contribution in [-0.2, 0) is 9.53 Å². The zero-order valence-corrected chi connectivity index (χ0v) is 8.43. The summed E-state index contributed by atoms with van der Waals surface area (Å²) in [5, 5.41) is 0. The van der Waals surface area contributed by atoms with Crippen LogP contribution in [-0.4, -0.2) is 12.1 Å². The molecular formula is C10H20O2. The van der Waals surface area contributed by atoms with Gasteiger partial charge in [-0.05, 0) is 19.8 Å². The molecule has 0 N–H and O–H groups in total. The molecule has 0 aromatic carbocycles. The number of unbranched alkanes of at least 4 members (excludes halogenated alkanes) is 2. The first-order chi connectivity index (χ1) is 5.70. The Bertz CT molecular complexity index is 121. The van der Waals surface area contributed by atoms with Gasteiger partial charge in [0.1, 0.15) is 0 Å². The third-order valence-electron chi connectivity index (χ3n) is 1.89. The lowest BCUT2D eigenvalue weighted by Crippen LogP contribution is -2.13. The van der Waals surface area contributed by atoms with E-state index in [0.717, 1.165) is 25.7 Å². The maximum Gasteiger partial charge on any atom is 0.306 e. The van der Waals surface area contributed by atoms with E-state index in [-0.39, 0.29) is 12.1 Å². The van der Waals surface area contributed by atoms with Gasteiger partial charge in [0.05, 0.1) is 6.10 Å². The van der Waals surface area contributed by atoms with Gasteiger partial charge in [-0.1, -0.05) is 26.7 Å². The third-order valence-corrected chi connectivity index (χ3v) is 1.89. The van der Waals surface area contributed by atoms with Crippen molar-refractivity contribution in [3.8, 4) is 0 Å². The molecule has 1 atom stereocenters. The quantitative estimate of drug-likeness (QED) is 0.455. The zero-order chi connectivity index (χ0) is 9.40. The average molecular weight is 172 g/mol. The largest absolute Gasteiger partial charge is 0.463 e. The van der Waals surface area contributed by atoms with Crippen molar-refractivity contribution in [2.45, 2.75) is 59.0 Å². The van der Waals surface area contributed by atoms with Crippen LogP contribution in [0, 0.1) is 0 Å². The second-order valence-electron chi connectivity index (χ2n) is 3.17. The van der Waals surface area contributed by atoms with Crippen LogP contribution >= 0.6 is 0 Å². The van der Waals surface area contributed by atoms with Crippen LogP contribution in [0.2, 0.25) is 0 Å². The lowest BCUT2D eigenvalue weighted by atomic mass is 10.2. The summed E-state index contributed by atoms with van der Waals surface area (Å²) < 4.78 is 5.11. The number of rotatable bonds is 6. The highest BCUT2D eigenvalue weighted by Gasteiger charge is 2.06. The molecule has 0 radical (unpaired) electrons. The minimum absolute atomic E-state index is 0.0437. The van der Waals surface area contributed by atoms with Gasteiger partial charge in [0, 0.05) is 6.42 Å². The molecule has 12 heavy (non-hydrogen) atoms. The van der Waals surface area contributed by atoms with Gasteiger partial charge < -0.3 is 4.74 Å².